The summed E-state index contributed by atoms with van der Waals surface area (Å²) in [4.78, 5) is 37.4. The molecule has 0 bridgehead atoms. The molecule has 0 N–H and O–H groups in total. The van der Waals surface area contributed by atoms with Crippen LogP contribution in [-0.2, 0) is 22.5 Å². The highest BCUT2D eigenvalue weighted by atomic mass is 35.5. The van der Waals surface area contributed by atoms with E-state index in [-0.39, 0.29) is 17.2 Å². The van der Waals surface area contributed by atoms with Crippen molar-refractivity contribution in [3.8, 4) is 5.69 Å². The van der Waals surface area contributed by atoms with E-state index in [9.17, 15) is 9.59 Å². The van der Waals surface area contributed by atoms with Crippen LogP contribution in [0.3, 0.4) is 0 Å². The molecule has 0 radical (unpaired) electrons. The van der Waals surface area contributed by atoms with Crippen LogP contribution in [0.5, 0.6) is 0 Å². The molecule has 0 atom stereocenters. The molecule has 32 heavy (non-hydrogen) atoms. The fourth-order valence-electron chi connectivity index (χ4n) is 4.12. The second-order valence-corrected chi connectivity index (χ2v) is 10.4. The van der Waals surface area contributed by atoms with Crippen molar-refractivity contribution in [3.05, 3.63) is 50.1 Å². The number of amides is 1. The van der Waals surface area contributed by atoms with Crippen molar-refractivity contribution in [1.29, 1.82) is 0 Å². The van der Waals surface area contributed by atoms with Gasteiger partial charge in [0, 0.05) is 36.1 Å². The summed E-state index contributed by atoms with van der Waals surface area (Å²) in [5.74, 6) is 0.240. The molecule has 10 heteroatoms. The number of thioether (sulfide) groups is 1. The van der Waals surface area contributed by atoms with Crippen molar-refractivity contribution >= 4 is 50.8 Å². The van der Waals surface area contributed by atoms with Gasteiger partial charge in [0.15, 0.2) is 5.16 Å². The third-order valence-electron chi connectivity index (χ3n) is 5.79. The molecule has 7 nitrogen and oxygen atoms in total. The van der Waals surface area contributed by atoms with E-state index < -0.39 is 0 Å². The lowest BCUT2D eigenvalue weighted by Crippen LogP contribution is -2.41. The SMILES string of the molecule is CN1CCc2c(sc3nc(SCC(=O)N4CCOCC4)n(-c4cccc(Cl)c4)c(=O)c23)C1. The van der Waals surface area contributed by atoms with Gasteiger partial charge in [-0.15, -0.1) is 11.3 Å². The Balaban J connectivity index is 1.58. The van der Waals surface area contributed by atoms with E-state index in [1.807, 2.05) is 12.1 Å². The van der Waals surface area contributed by atoms with E-state index in [4.69, 9.17) is 21.3 Å². The van der Waals surface area contributed by atoms with Gasteiger partial charge in [0.05, 0.1) is 30.0 Å². The Labute approximate surface area is 198 Å². The molecule has 1 amide bonds. The largest absolute Gasteiger partial charge is 0.378 e. The molecule has 2 aliphatic heterocycles. The van der Waals surface area contributed by atoms with Gasteiger partial charge in [-0.25, -0.2) is 4.98 Å². The smallest absolute Gasteiger partial charge is 0.267 e. The lowest BCUT2D eigenvalue weighted by atomic mass is 10.1. The third-order valence-corrected chi connectivity index (χ3v) is 8.06. The van der Waals surface area contributed by atoms with Gasteiger partial charge in [0.1, 0.15) is 4.83 Å². The number of fused-ring (bicyclic) bond motifs is 3. The molecule has 2 aromatic heterocycles. The lowest BCUT2D eigenvalue weighted by molar-refractivity contribution is -0.132. The van der Waals surface area contributed by atoms with Gasteiger partial charge in [0.25, 0.3) is 5.56 Å². The molecule has 168 valence electrons. The Kier molecular flexibility index (Phi) is 6.26. The number of ether oxygens (including phenoxy) is 1. The Bertz CT molecular complexity index is 1240. The Morgan fingerprint density at radius 2 is 2.09 bits per heavy atom. The number of halogens is 1. The maximum Gasteiger partial charge on any atom is 0.267 e. The zero-order chi connectivity index (χ0) is 22.2. The highest BCUT2D eigenvalue weighted by Crippen LogP contribution is 2.34. The Hall–Kier alpha value is -1.91. The second kappa shape index (κ2) is 9.15. The van der Waals surface area contributed by atoms with E-state index in [0.717, 1.165) is 29.9 Å². The van der Waals surface area contributed by atoms with Crippen molar-refractivity contribution < 1.29 is 9.53 Å². The summed E-state index contributed by atoms with van der Waals surface area (Å²) in [6.45, 7) is 4.05. The van der Waals surface area contributed by atoms with Gasteiger partial charge >= 0.3 is 0 Å². The maximum atomic E-state index is 13.8. The predicted octanol–water partition coefficient (Wildman–Crippen LogP) is 3.04. The highest BCUT2D eigenvalue weighted by Gasteiger charge is 2.25. The standard InChI is InChI=1S/C22H23ClN4O3S2/c1-25-6-5-16-17(12-25)32-20-19(16)21(29)27(15-4-2-3-14(23)11-15)22(24-20)31-13-18(28)26-7-9-30-10-8-26/h2-4,11H,5-10,12-13H2,1H3. The van der Waals surface area contributed by atoms with Crippen LogP contribution >= 0.6 is 34.7 Å². The number of morpholine rings is 1. The first-order chi connectivity index (χ1) is 15.5. The first-order valence-electron chi connectivity index (χ1n) is 10.5. The minimum atomic E-state index is -0.0966. The summed E-state index contributed by atoms with van der Waals surface area (Å²) >= 11 is 9.12. The predicted molar refractivity (Wildman–Crippen MR) is 128 cm³/mol. The first-order valence-corrected chi connectivity index (χ1v) is 12.7. The van der Waals surface area contributed by atoms with Crippen molar-refractivity contribution in [2.75, 3.05) is 45.6 Å². The lowest BCUT2D eigenvalue weighted by Gasteiger charge is -2.26. The van der Waals surface area contributed by atoms with Gasteiger partial charge in [-0.05, 0) is 37.2 Å². The maximum absolute atomic E-state index is 13.8. The number of thiophene rings is 1. The summed E-state index contributed by atoms with van der Waals surface area (Å²) in [5.41, 5.74) is 1.67. The number of rotatable bonds is 4. The molecule has 1 fully saturated rings. The molecule has 0 saturated carbocycles. The number of benzene rings is 1. The van der Waals surface area contributed by atoms with Gasteiger partial charge in [-0.2, -0.15) is 0 Å². The van der Waals surface area contributed by atoms with Crippen LogP contribution in [0.15, 0.2) is 34.2 Å². The number of likely N-dealkylation sites (N-methyl/N-ethyl adjacent to an activating group) is 1. The average molecular weight is 491 g/mol. The molecule has 0 unspecified atom stereocenters. The summed E-state index contributed by atoms with van der Waals surface area (Å²) in [7, 11) is 2.09. The summed E-state index contributed by atoms with van der Waals surface area (Å²) in [6, 6.07) is 7.21. The second-order valence-electron chi connectivity index (χ2n) is 7.97. The van der Waals surface area contributed by atoms with Crippen molar-refractivity contribution in [2.24, 2.45) is 0 Å². The van der Waals surface area contributed by atoms with Crippen LogP contribution in [-0.4, -0.2) is 70.9 Å². The molecule has 1 aromatic carbocycles. The van der Waals surface area contributed by atoms with Crippen molar-refractivity contribution in [2.45, 2.75) is 18.1 Å². The minimum absolute atomic E-state index is 0.0254. The van der Waals surface area contributed by atoms with Gasteiger partial charge in [-0.1, -0.05) is 29.4 Å². The van der Waals surface area contributed by atoms with Crippen LogP contribution in [0.2, 0.25) is 5.02 Å². The van der Waals surface area contributed by atoms with Gasteiger partial charge in [-0.3, -0.25) is 14.2 Å². The monoisotopic (exact) mass is 490 g/mol. The minimum Gasteiger partial charge on any atom is -0.378 e. The molecular formula is C22H23ClN4O3S2. The van der Waals surface area contributed by atoms with Crippen molar-refractivity contribution in [1.82, 2.24) is 19.4 Å². The van der Waals surface area contributed by atoms with Crippen LogP contribution in [0.25, 0.3) is 15.9 Å². The van der Waals surface area contributed by atoms with Crippen LogP contribution in [0, 0.1) is 0 Å². The van der Waals surface area contributed by atoms with Crippen LogP contribution in [0.1, 0.15) is 10.4 Å². The molecular weight excluding hydrogens is 468 g/mol. The molecule has 4 heterocycles. The van der Waals surface area contributed by atoms with E-state index in [0.29, 0.717) is 47.6 Å². The quantitative estimate of drug-likeness (QED) is 0.413. The van der Waals surface area contributed by atoms with E-state index >= 15 is 0 Å². The molecule has 0 aliphatic carbocycles. The summed E-state index contributed by atoms with van der Waals surface area (Å²) in [5, 5.41) is 1.75. The topological polar surface area (TPSA) is 67.7 Å². The Morgan fingerprint density at radius 3 is 2.88 bits per heavy atom. The molecule has 0 spiro atoms. The fourth-order valence-corrected chi connectivity index (χ4v) is 6.56. The number of nitrogens with zero attached hydrogens (tertiary/aromatic N) is 4. The molecule has 2 aliphatic rings. The summed E-state index contributed by atoms with van der Waals surface area (Å²) < 4.78 is 6.95. The third kappa shape index (κ3) is 4.20. The van der Waals surface area contributed by atoms with Crippen LogP contribution in [0.4, 0.5) is 0 Å². The average Bonchev–Trinajstić information content (AvgIpc) is 3.15. The van der Waals surface area contributed by atoms with E-state index in [1.165, 1.54) is 16.6 Å². The van der Waals surface area contributed by atoms with Crippen molar-refractivity contribution in [3.63, 3.8) is 0 Å². The first kappa shape index (κ1) is 21.9. The zero-order valence-corrected chi connectivity index (χ0v) is 20.1. The van der Waals surface area contributed by atoms with E-state index in [2.05, 4.69) is 11.9 Å². The molecule has 1 saturated heterocycles. The fraction of sp³-hybridized carbons (Fsp3) is 0.409. The molecule has 5 rings (SSSR count). The number of aromatic nitrogens is 2. The Morgan fingerprint density at radius 1 is 1.28 bits per heavy atom. The van der Waals surface area contributed by atoms with Gasteiger partial charge in [0.2, 0.25) is 5.91 Å². The number of carbonyl (C=O) groups excluding carboxylic acids is 1. The normalized spacial score (nSPS) is 17.0. The molecule has 3 aromatic rings. The van der Waals surface area contributed by atoms with E-state index in [1.54, 1.807) is 32.9 Å². The number of hydrogen-bond donors (Lipinski definition) is 0. The van der Waals surface area contributed by atoms with Crippen LogP contribution < -0.4 is 5.56 Å². The van der Waals surface area contributed by atoms with Gasteiger partial charge < -0.3 is 14.5 Å². The zero-order valence-electron chi connectivity index (χ0n) is 17.7. The summed E-state index contributed by atoms with van der Waals surface area (Å²) in [6.07, 6.45) is 0.834. The number of carbonyl (C=O) groups is 1. The highest BCUT2D eigenvalue weighted by molar-refractivity contribution is 7.99. The number of hydrogen-bond acceptors (Lipinski definition) is 7.